The summed E-state index contributed by atoms with van der Waals surface area (Å²) in [5.41, 5.74) is 4.08. The Morgan fingerprint density at radius 1 is 0.941 bits per heavy atom. The molecule has 0 spiro atoms. The molecule has 0 fully saturated rings. The van der Waals surface area contributed by atoms with Gasteiger partial charge in [-0.15, -0.1) is 11.8 Å². The molecule has 0 aromatic heterocycles. The number of benzene rings is 2. The van der Waals surface area contributed by atoms with Crippen molar-refractivity contribution in [1.82, 2.24) is 0 Å². The minimum Gasteiger partial charge on any atom is -0.121 e. The van der Waals surface area contributed by atoms with Crippen LogP contribution in [0.1, 0.15) is 16.7 Å². The third kappa shape index (κ3) is 3.62. The van der Waals surface area contributed by atoms with Crippen LogP contribution in [0.5, 0.6) is 0 Å². The molecule has 0 saturated heterocycles. The van der Waals surface area contributed by atoms with Crippen LogP contribution in [-0.4, -0.2) is 0 Å². The smallest absolute Gasteiger partial charge is 0.0232 e. The van der Waals surface area contributed by atoms with Crippen LogP contribution < -0.4 is 0 Å². The molecule has 2 aromatic rings. The van der Waals surface area contributed by atoms with Crippen LogP contribution in [0.4, 0.5) is 0 Å². The van der Waals surface area contributed by atoms with Crippen molar-refractivity contribution in [3.63, 3.8) is 0 Å². The second-order valence-electron chi connectivity index (χ2n) is 4.16. The van der Waals surface area contributed by atoms with Crippen LogP contribution >= 0.6 is 27.7 Å². The Kier molecular flexibility index (Phi) is 4.30. The zero-order valence-electron chi connectivity index (χ0n) is 10.0. The minimum atomic E-state index is 1.02. The summed E-state index contributed by atoms with van der Waals surface area (Å²) in [5.74, 6) is 1.02. The topological polar surface area (TPSA) is 0 Å². The predicted molar refractivity (Wildman–Crippen MR) is 79.6 cm³/mol. The van der Waals surface area contributed by atoms with Gasteiger partial charge in [-0.05, 0) is 54.8 Å². The van der Waals surface area contributed by atoms with Crippen molar-refractivity contribution >= 4 is 27.7 Å². The second kappa shape index (κ2) is 5.74. The molecule has 0 amide bonds. The fourth-order valence-electron chi connectivity index (χ4n) is 1.55. The number of rotatable bonds is 3. The molecular weight excluding hydrogens is 292 g/mol. The molecule has 17 heavy (non-hydrogen) atoms. The highest BCUT2D eigenvalue weighted by atomic mass is 79.9. The first-order valence-electron chi connectivity index (χ1n) is 5.59. The van der Waals surface area contributed by atoms with Gasteiger partial charge >= 0.3 is 0 Å². The molecule has 2 rings (SSSR count). The van der Waals surface area contributed by atoms with Crippen LogP contribution in [0.25, 0.3) is 0 Å². The van der Waals surface area contributed by atoms with Crippen LogP contribution in [0.2, 0.25) is 0 Å². The van der Waals surface area contributed by atoms with Crippen molar-refractivity contribution in [2.24, 2.45) is 0 Å². The van der Waals surface area contributed by atoms with Crippen LogP contribution in [0.3, 0.4) is 0 Å². The number of hydrogen-bond acceptors (Lipinski definition) is 1. The van der Waals surface area contributed by atoms with E-state index in [1.807, 2.05) is 11.8 Å². The van der Waals surface area contributed by atoms with Crippen molar-refractivity contribution in [3.8, 4) is 0 Å². The van der Waals surface area contributed by atoms with E-state index in [1.54, 1.807) is 0 Å². The SMILES string of the molecule is Cc1ccc(SCc2ccc(Br)cc2)cc1C. The molecule has 88 valence electrons. The first-order chi connectivity index (χ1) is 8.15. The Morgan fingerprint density at radius 2 is 1.65 bits per heavy atom. The number of thioether (sulfide) groups is 1. The zero-order chi connectivity index (χ0) is 12.3. The first kappa shape index (κ1) is 12.7. The molecule has 0 aliphatic heterocycles. The van der Waals surface area contributed by atoms with Gasteiger partial charge in [-0.3, -0.25) is 0 Å². The fraction of sp³-hybridized carbons (Fsp3) is 0.200. The summed E-state index contributed by atoms with van der Waals surface area (Å²) in [7, 11) is 0. The molecule has 0 bridgehead atoms. The maximum atomic E-state index is 3.45. The summed E-state index contributed by atoms with van der Waals surface area (Å²) in [6.45, 7) is 4.32. The van der Waals surface area contributed by atoms with Gasteiger partial charge in [-0.2, -0.15) is 0 Å². The quantitative estimate of drug-likeness (QED) is 0.688. The van der Waals surface area contributed by atoms with E-state index in [4.69, 9.17) is 0 Å². The predicted octanol–water partition coefficient (Wildman–Crippen LogP) is 5.36. The van der Waals surface area contributed by atoms with E-state index >= 15 is 0 Å². The Hall–Kier alpha value is -0.730. The lowest BCUT2D eigenvalue weighted by molar-refractivity contribution is 1.27. The average molecular weight is 307 g/mol. The van der Waals surface area contributed by atoms with Crippen LogP contribution in [-0.2, 0) is 5.75 Å². The molecule has 2 aromatic carbocycles. The van der Waals surface area contributed by atoms with Gasteiger partial charge in [-0.1, -0.05) is 34.1 Å². The van der Waals surface area contributed by atoms with Gasteiger partial charge in [0.1, 0.15) is 0 Å². The van der Waals surface area contributed by atoms with Gasteiger partial charge in [0.05, 0.1) is 0 Å². The maximum absolute atomic E-state index is 3.45. The molecule has 0 heterocycles. The summed E-state index contributed by atoms with van der Waals surface area (Å²) in [4.78, 5) is 1.34. The molecule has 0 saturated carbocycles. The van der Waals surface area contributed by atoms with Crippen LogP contribution in [0, 0.1) is 13.8 Å². The van der Waals surface area contributed by atoms with Crippen molar-refractivity contribution < 1.29 is 0 Å². The number of halogens is 1. The third-order valence-corrected chi connectivity index (χ3v) is 4.39. The molecule has 0 aliphatic rings. The van der Waals surface area contributed by atoms with Gasteiger partial charge < -0.3 is 0 Å². The average Bonchev–Trinajstić information content (AvgIpc) is 2.33. The largest absolute Gasteiger partial charge is 0.121 e. The van der Waals surface area contributed by atoms with E-state index in [1.165, 1.54) is 21.6 Å². The highest BCUT2D eigenvalue weighted by molar-refractivity contribution is 9.10. The highest BCUT2D eigenvalue weighted by Crippen LogP contribution is 2.25. The minimum absolute atomic E-state index is 1.02. The first-order valence-corrected chi connectivity index (χ1v) is 7.37. The Morgan fingerprint density at radius 3 is 2.29 bits per heavy atom. The molecule has 0 aliphatic carbocycles. The molecule has 0 N–H and O–H groups in total. The maximum Gasteiger partial charge on any atom is 0.0232 e. The Balaban J connectivity index is 2.02. The van der Waals surface area contributed by atoms with Gasteiger partial charge in [0.2, 0.25) is 0 Å². The van der Waals surface area contributed by atoms with E-state index in [0.717, 1.165) is 10.2 Å². The van der Waals surface area contributed by atoms with E-state index in [9.17, 15) is 0 Å². The standard InChI is InChI=1S/C15H15BrS/c1-11-3-8-15(9-12(11)2)17-10-13-4-6-14(16)7-5-13/h3-9H,10H2,1-2H3. The Labute approximate surface area is 116 Å². The lowest BCUT2D eigenvalue weighted by Gasteiger charge is -2.05. The monoisotopic (exact) mass is 306 g/mol. The summed E-state index contributed by atoms with van der Waals surface area (Å²) < 4.78 is 1.14. The molecule has 2 heteroatoms. The summed E-state index contributed by atoms with van der Waals surface area (Å²) in [6, 6.07) is 15.2. The lowest BCUT2D eigenvalue weighted by atomic mass is 10.1. The van der Waals surface area contributed by atoms with Crippen molar-refractivity contribution in [1.29, 1.82) is 0 Å². The summed E-state index contributed by atoms with van der Waals surface area (Å²) in [6.07, 6.45) is 0. The van der Waals surface area contributed by atoms with Crippen molar-refractivity contribution in [2.75, 3.05) is 0 Å². The molecular formula is C15H15BrS. The molecule has 0 unspecified atom stereocenters. The van der Waals surface area contributed by atoms with E-state index in [-0.39, 0.29) is 0 Å². The molecule has 0 nitrogen and oxygen atoms in total. The van der Waals surface area contributed by atoms with E-state index in [0.29, 0.717) is 0 Å². The fourth-order valence-corrected chi connectivity index (χ4v) is 2.77. The van der Waals surface area contributed by atoms with Gasteiger partial charge in [0.15, 0.2) is 0 Å². The van der Waals surface area contributed by atoms with Crippen molar-refractivity contribution in [2.45, 2.75) is 24.5 Å². The number of aryl methyl sites for hydroxylation is 2. The van der Waals surface area contributed by atoms with E-state index < -0.39 is 0 Å². The lowest BCUT2D eigenvalue weighted by Crippen LogP contribution is -1.83. The van der Waals surface area contributed by atoms with Crippen molar-refractivity contribution in [3.05, 3.63) is 63.6 Å². The van der Waals surface area contributed by atoms with E-state index in [2.05, 4.69) is 72.2 Å². The zero-order valence-corrected chi connectivity index (χ0v) is 12.4. The highest BCUT2D eigenvalue weighted by Gasteiger charge is 1.99. The van der Waals surface area contributed by atoms with Gasteiger partial charge in [0.25, 0.3) is 0 Å². The molecule has 0 radical (unpaired) electrons. The van der Waals surface area contributed by atoms with Gasteiger partial charge in [0, 0.05) is 15.1 Å². The van der Waals surface area contributed by atoms with Gasteiger partial charge in [-0.25, -0.2) is 0 Å². The summed E-state index contributed by atoms with van der Waals surface area (Å²) in [5, 5.41) is 0. The van der Waals surface area contributed by atoms with Crippen LogP contribution in [0.15, 0.2) is 51.8 Å². The Bertz CT molecular complexity index is 503. The normalized spacial score (nSPS) is 10.5. The second-order valence-corrected chi connectivity index (χ2v) is 6.13. The third-order valence-electron chi connectivity index (χ3n) is 2.80. The number of hydrogen-bond donors (Lipinski definition) is 0. The summed E-state index contributed by atoms with van der Waals surface area (Å²) >= 11 is 5.34. The molecule has 0 atom stereocenters.